The van der Waals surface area contributed by atoms with Gasteiger partial charge in [0, 0.05) is 31.0 Å². The predicted molar refractivity (Wildman–Crippen MR) is 77.6 cm³/mol. The van der Waals surface area contributed by atoms with Gasteiger partial charge in [0.1, 0.15) is 11.8 Å². The van der Waals surface area contributed by atoms with E-state index in [9.17, 15) is 4.79 Å². The summed E-state index contributed by atoms with van der Waals surface area (Å²) in [5, 5.41) is 11.6. The van der Waals surface area contributed by atoms with Gasteiger partial charge in [0.05, 0.1) is 12.8 Å². The maximum absolute atomic E-state index is 12.0. The van der Waals surface area contributed by atoms with Crippen molar-refractivity contribution in [3.63, 3.8) is 0 Å². The van der Waals surface area contributed by atoms with Gasteiger partial charge in [0.25, 0.3) is 0 Å². The third-order valence-corrected chi connectivity index (χ3v) is 2.89. The van der Waals surface area contributed by atoms with E-state index in [-0.39, 0.29) is 18.2 Å². The Morgan fingerprint density at radius 3 is 3.10 bits per heavy atom. The highest BCUT2D eigenvalue weighted by atomic mass is 16.5. The first-order valence-electron chi connectivity index (χ1n) is 6.28. The third kappa shape index (κ3) is 3.51. The van der Waals surface area contributed by atoms with Crippen molar-refractivity contribution in [1.29, 1.82) is 5.26 Å². The summed E-state index contributed by atoms with van der Waals surface area (Å²) in [7, 11) is 1.52. The first-order chi connectivity index (χ1) is 10.1. The first kappa shape index (κ1) is 14.4. The summed E-state index contributed by atoms with van der Waals surface area (Å²) in [6.07, 6.45) is 3.40. The molecule has 2 rings (SSSR count). The monoisotopic (exact) mass is 285 g/mol. The molecule has 0 fully saturated rings. The fourth-order valence-electron chi connectivity index (χ4n) is 1.86. The summed E-state index contributed by atoms with van der Waals surface area (Å²) in [5.41, 5.74) is 6.75. The van der Waals surface area contributed by atoms with E-state index in [0.717, 1.165) is 0 Å². The smallest absolute Gasteiger partial charge is 0.226 e. The molecule has 0 spiro atoms. The van der Waals surface area contributed by atoms with E-state index < -0.39 is 0 Å². The van der Waals surface area contributed by atoms with E-state index >= 15 is 0 Å². The van der Waals surface area contributed by atoms with Crippen molar-refractivity contribution in [3.05, 3.63) is 36.4 Å². The van der Waals surface area contributed by atoms with Crippen molar-refractivity contribution in [2.45, 2.75) is 13.0 Å². The average molecular weight is 285 g/mol. The van der Waals surface area contributed by atoms with Crippen LogP contribution in [0.1, 0.15) is 12.2 Å². The maximum atomic E-state index is 12.0. The predicted octanol–water partition coefficient (Wildman–Crippen LogP) is 1.37. The Hall–Kier alpha value is -3.01. The lowest BCUT2D eigenvalue weighted by molar-refractivity contribution is -0.116. The number of nitrogens with zero attached hydrogens (tertiary/aromatic N) is 3. The second-order valence-corrected chi connectivity index (χ2v) is 4.31. The molecule has 0 aliphatic carbocycles. The molecule has 1 amide bonds. The van der Waals surface area contributed by atoms with Crippen molar-refractivity contribution in [2.75, 3.05) is 18.2 Å². The van der Waals surface area contributed by atoms with Crippen molar-refractivity contribution in [2.24, 2.45) is 0 Å². The summed E-state index contributed by atoms with van der Waals surface area (Å²) in [6.45, 7) is 0.374. The highest BCUT2D eigenvalue weighted by Crippen LogP contribution is 2.26. The van der Waals surface area contributed by atoms with E-state index in [4.69, 9.17) is 15.7 Å². The van der Waals surface area contributed by atoms with E-state index in [1.54, 1.807) is 29.0 Å². The maximum Gasteiger partial charge on any atom is 0.226 e. The fourth-order valence-corrected chi connectivity index (χ4v) is 1.86. The SMILES string of the molecule is COc1ccc(N)cc1NC(=O)CCn1ccnc1C#N. The Balaban J connectivity index is 1.99. The molecule has 0 saturated heterocycles. The number of carbonyl (C=O) groups is 1. The number of carbonyl (C=O) groups excluding carboxylic acids is 1. The molecule has 0 saturated carbocycles. The van der Waals surface area contributed by atoms with Gasteiger partial charge in [0.15, 0.2) is 0 Å². The number of amides is 1. The lowest BCUT2D eigenvalue weighted by Crippen LogP contribution is -2.15. The summed E-state index contributed by atoms with van der Waals surface area (Å²) in [6, 6.07) is 6.97. The molecule has 1 aromatic carbocycles. The number of imidazole rings is 1. The van der Waals surface area contributed by atoms with Crippen LogP contribution in [0.15, 0.2) is 30.6 Å². The molecule has 2 aromatic rings. The molecule has 7 nitrogen and oxygen atoms in total. The number of nitrogens with two attached hydrogens (primary N) is 1. The Bertz CT molecular complexity index is 687. The number of nitriles is 1. The summed E-state index contributed by atoms with van der Waals surface area (Å²) in [4.78, 5) is 15.8. The topological polar surface area (TPSA) is 106 Å². The molecule has 108 valence electrons. The van der Waals surface area contributed by atoms with Gasteiger partial charge < -0.3 is 20.4 Å². The summed E-state index contributed by atoms with van der Waals surface area (Å²) < 4.78 is 6.78. The largest absolute Gasteiger partial charge is 0.495 e. The van der Waals surface area contributed by atoms with Gasteiger partial charge in [-0.25, -0.2) is 4.98 Å². The fraction of sp³-hybridized carbons (Fsp3) is 0.214. The number of nitrogen functional groups attached to an aromatic ring is 1. The lowest BCUT2D eigenvalue weighted by Gasteiger charge is -2.11. The van der Waals surface area contributed by atoms with Gasteiger partial charge in [-0.15, -0.1) is 0 Å². The van der Waals surface area contributed by atoms with Gasteiger partial charge in [-0.2, -0.15) is 5.26 Å². The molecule has 21 heavy (non-hydrogen) atoms. The molecule has 0 aliphatic heterocycles. The highest BCUT2D eigenvalue weighted by Gasteiger charge is 2.09. The molecule has 0 aliphatic rings. The number of methoxy groups -OCH3 is 1. The standard InChI is InChI=1S/C14H15N5O2/c1-21-12-3-2-10(16)8-11(12)18-14(20)4-6-19-7-5-17-13(19)9-15/h2-3,5,7-8H,4,6,16H2,1H3,(H,18,20). The van der Waals surface area contributed by atoms with E-state index in [1.807, 2.05) is 6.07 Å². The molecular formula is C14H15N5O2. The average Bonchev–Trinajstić information content (AvgIpc) is 2.93. The van der Waals surface area contributed by atoms with Crippen molar-refractivity contribution in [3.8, 4) is 11.8 Å². The second-order valence-electron chi connectivity index (χ2n) is 4.31. The van der Waals surface area contributed by atoms with Gasteiger partial charge in [-0.3, -0.25) is 4.79 Å². The number of benzene rings is 1. The number of aryl methyl sites for hydroxylation is 1. The van der Waals surface area contributed by atoms with Crippen molar-refractivity contribution >= 4 is 17.3 Å². The number of aromatic nitrogens is 2. The lowest BCUT2D eigenvalue weighted by atomic mass is 10.2. The number of hydrogen-bond acceptors (Lipinski definition) is 5. The molecule has 3 N–H and O–H groups in total. The minimum Gasteiger partial charge on any atom is -0.495 e. The van der Waals surface area contributed by atoms with Gasteiger partial charge >= 0.3 is 0 Å². The summed E-state index contributed by atoms with van der Waals surface area (Å²) >= 11 is 0. The number of rotatable bonds is 5. The Labute approximate surface area is 122 Å². The quantitative estimate of drug-likeness (QED) is 0.807. The zero-order chi connectivity index (χ0) is 15.2. The van der Waals surface area contributed by atoms with Crippen LogP contribution >= 0.6 is 0 Å². The Kier molecular flexibility index (Phi) is 4.41. The van der Waals surface area contributed by atoms with Gasteiger partial charge in [-0.05, 0) is 18.2 Å². The van der Waals surface area contributed by atoms with Crippen LogP contribution < -0.4 is 15.8 Å². The van der Waals surface area contributed by atoms with Crippen LogP contribution in [0, 0.1) is 11.3 Å². The molecule has 0 unspecified atom stereocenters. The third-order valence-electron chi connectivity index (χ3n) is 2.89. The molecule has 7 heteroatoms. The van der Waals surface area contributed by atoms with Crippen molar-refractivity contribution in [1.82, 2.24) is 9.55 Å². The number of hydrogen-bond donors (Lipinski definition) is 2. The highest BCUT2D eigenvalue weighted by molar-refractivity contribution is 5.92. The van der Waals surface area contributed by atoms with E-state index in [1.165, 1.54) is 13.3 Å². The Morgan fingerprint density at radius 1 is 1.57 bits per heavy atom. The number of anilines is 2. The molecule has 1 aromatic heterocycles. The Morgan fingerprint density at radius 2 is 2.38 bits per heavy atom. The van der Waals surface area contributed by atoms with Crippen LogP contribution in [0.4, 0.5) is 11.4 Å². The van der Waals surface area contributed by atoms with Gasteiger partial charge in [0.2, 0.25) is 11.7 Å². The van der Waals surface area contributed by atoms with Gasteiger partial charge in [-0.1, -0.05) is 0 Å². The van der Waals surface area contributed by atoms with Crippen LogP contribution in [0.25, 0.3) is 0 Å². The minimum absolute atomic E-state index is 0.198. The molecule has 0 atom stereocenters. The zero-order valence-electron chi connectivity index (χ0n) is 11.5. The van der Waals surface area contributed by atoms with Crippen LogP contribution in [0.5, 0.6) is 5.75 Å². The number of ether oxygens (including phenoxy) is 1. The molecule has 0 radical (unpaired) electrons. The normalized spacial score (nSPS) is 9.90. The van der Waals surface area contributed by atoms with Crippen LogP contribution in [0.2, 0.25) is 0 Å². The second kappa shape index (κ2) is 6.43. The van der Waals surface area contributed by atoms with Crippen LogP contribution in [-0.2, 0) is 11.3 Å². The molecule has 1 heterocycles. The van der Waals surface area contributed by atoms with Crippen LogP contribution in [0.3, 0.4) is 0 Å². The first-order valence-corrected chi connectivity index (χ1v) is 6.28. The van der Waals surface area contributed by atoms with E-state index in [2.05, 4.69) is 10.3 Å². The minimum atomic E-state index is -0.198. The zero-order valence-corrected chi connectivity index (χ0v) is 11.5. The van der Waals surface area contributed by atoms with Crippen LogP contribution in [-0.4, -0.2) is 22.6 Å². The van der Waals surface area contributed by atoms with Crippen molar-refractivity contribution < 1.29 is 9.53 Å². The number of nitrogens with one attached hydrogen (secondary N) is 1. The van der Waals surface area contributed by atoms with E-state index in [0.29, 0.717) is 23.7 Å². The molecular weight excluding hydrogens is 270 g/mol. The molecule has 0 bridgehead atoms. The summed E-state index contributed by atoms with van der Waals surface area (Å²) in [5.74, 6) is 0.624.